The molecule has 0 saturated heterocycles. The summed E-state index contributed by atoms with van der Waals surface area (Å²) in [6.45, 7) is 6.69. The van der Waals surface area contributed by atoms with Gasteiger partial charge in [-0.1, -0.05) is 27.2 Å². The summed E-state index contributed by atoms with van der Waals surface area (Å²) in [5.41, 5.74) is 0. The molecule has 53 valence electrons. The molecule has 0 aliphatic rings. The summed E-state index contributed by atoms with van der Waals surface area (Å²) in [6, 6.07) is 0. The van der Waals surface area contributed by atoms with Crippen molar-refractivity contribution in [3.63, 3.8) is 0 Å². The van der Waals surface area contributed by atoms with Crippen LogP contribution in [0.15, 0.2) is 0 Å². The Bertz CT molecular complexity index is 79.0. The zero-order valence-electron chi connectivity index (χ0n) is 7.23. The van der Waals surface area contributed by atoms with E-state index < -0.39 is 0 Å². The highest BCUT2D eigenvalue weighted by Gasteiger charge is 2.17. The van der Waals surface area contributed by atoms with E-state index in [9.17, 15) is 0 Å². The zero-order valence-corrected chi connectivity index (χ0v) is 7.23. The molecule has 0 aliphatic carbocycles. The van der Waals surface area contributed by atoms with Crippen LogP contribution in [0.2, 0.25) is 5.31 Å². The summed E-state index contributed by atoms with van der Waals surface area (Å²) in [6.07, 6.45) is 1.20. The lowest BCUT2D eigenvalue weighted by Gasteiger charge is -2.24. The number of hydrogen-bond donors (Lipinski definition) is 0. The maximum absolute atomic E-state index is 2.24. The SMILES string of the molecule is CCC(C)(C)[B]N(C)C. The Hall–Kier alpha value is 0.0249. The molecule has 1 radical (unpaired) electrons. The lowest BCUT2D eigenvalue weighted by atomic mass is 9.60. The van der Waals surface area contributed by atoms with Crippen molar-refractivity contribution in [2.75, 3.05) is 14.1 Å². The molecule has 0 heterocycles. The topological polar surface area (TPSA) is 3.24 Å². The molecule has 0 aromatic heterocycles. The first-order valence-electron chi connectivity index (χ1n) is 3.50. The van der Waals surface area contributed by atoms with Crippen LogP contribution in [0, 0.1) is 0 Å². The van der Waals surface area contributed by atoms with E-state index in [4.69, 9.17) is 0 Å². The minimum atomic E-state index is 0.365. The molecule has 0 rings (SSSR count). The van der Waals surface area contributed by atoms with Crippen molar-refractivity contribution in [3.8, 4) is 0 Å². The average molecular weight is 126 g/mol. The highest BCUT2D eigenvalue weighted by atomic mass is 15.0. The van der Waals surface area contributed by atoms with Gasteiger partial charge in [0.15, 0.2) is 0 Å². The summed E-state index contributed by atoms with van der Waals surface area (Å²) in [5.74, 6) is 0. The first-order chi connectivity index (χ1) is 3.98. The fourth-order valence-electron chi connectivity index (χ4n) is 0.790. The van der Waals surface area contributed by atoms with Crippen LogP contribution < -0.4 is 0 Å². The molecule has 0 spiro atoms. The fourth-order valence-corrected chi connectivity index (χ4v) is 0.790. The molecule has 0 aromatic carbocycles. The van der Waals surface area contributed by atoms with Gasteiger partial charge in [0.1, 0.15) is 0 Å². The molecule has 0 aromatic rings. The first-order valence-corrected chi connectivity index (χ1v) is 3.50. The van der Waals surface area contributed by atoms with E-state index in [2.05, 4.69) is 47.1 Å². The zero-order chi connectivity index (χ0) is 7.49. The monoisotopic (exact) mass is 126 g/mol. The summed E-state index contributed by atoms with van der Waals surface area (Å²) in [5, 5.41) is 0.365. The summed E-state index contributed by atoms with van der Waals surface area (Å²) in [4.78, 5) is 2.11. The molecular formula is C7H17BN. The van der Waals surface area contributed by atoms with Gasteiger partial charge in [0.25, 0.3) is 0 Å². The lowest BCUT2D eigenvalue weighted by molar-refractivity contribution is 0.561. The smallest absolute Gasteiger partial charge is 0.214 e. The minimum Gasteiger partial charge on any atom is -0.351 e. The van der Waals surface area contributed by atoms with Gasteiger partial charge in [-0.05, 0) is 19.4 Å². The highest BCUT2D eigenvalue weighted by molar-refractivity contribution is 6.36. The second kappa shape index (κ2) is 3.26. The average Bonchev–Trinajstić information content (AvgIpc) is 1.63. The van der Waals surface area contributed by atoms with Crippen molar-refractivity contribution in [1.29, 1.82) is 0 Å². The van der Waals surface area contributed by atoms with Gasteiger partial charge >= 0.3 is 0 Å². The molecular weight excluding hydrogens is 109 g/mol. The van der Waals surface area contributed by atoms with Crippen LogP contribution in [0.25, 0.3) is 0 Å². The van der Waals surface area contributed by atoms with E-state index in [-0.39, 0.29) is 0 Å². The van der Waals surface area contributed by atoms with Gasteiger partial charge in [0, 0.05) is 0 Å². The van der Waals surface area contributed by atoms with E-state index in [0.29, 0.717) is 5.31 Å². The van der Waals surface area contributed by atoms with E-state index in [1.54, 1.807) is 0 Å². The van der Waals surface area contributed by atoms with Crippen molar-refractivity contribution < 1.29 is 0 Å². The quantitative estimate of drug-likeness (QED) is 0.521. The molecule has 2 heteroatoms. The van der Waals surface area contributed by atoms with Crippen LogP contribution in [0.1, 0.15) is 27.2 Å². The van der Waals surface area contributed by atoms with Crippen molar-refractivity contribution >= 4 is 7.41 Å². The Morgan fingerprint density at radius 1 is 1.33 bits per heavy atom. The molecule has 9 heavy (non-hydrogen) atoms. The van der Waals surface area contributed by atoms with Crippen LogP contribution in [-0.4, -0.2) is 26.3 Å². The predicted octanol–water partition coefficient (Wildman–Crippen LogP) is 1.78. The van der Waals surface area contributed by atoms with Gasteiger partial charge in [-0.2, -0.15) is 0 Å². The first kappa shape index (κ1) is 9.02. The molecule has 1 nitrogen and oxygen atoms in total. The summed E-state index contributed by atoms with van der Waals surface area (Å²) in [7, 11) is 6.38. The largest absolute Gasteiger partial charge is 0.351 e. The Balaban J connectivity index is 3.58. The second-order valence-electron chi connectivity index (χ2n) is 3.43. The molecule has 0 saturated carbocycles. The van der Waals surface area contributed by atoms with E-state index in [1.165, 1.54) is 6.42 Å². The molecule has 0 aliphatic heterocycles. The third-order valence-electron chi connectivity index (χ3n) is 1.52. The fraction of sp³-hybridized carbons (Fsp3) is 1.00. The molecule has 0 unspecified atom stereocenters. The van der Waals surface area contributed by atoms with Crippen LogP contribution in [-0.2, 0) is 0 Å². The third-order valence-corrected chi connectivity index (χ3v) is 1.52. The van der Waals surface area contributed by atoms with Crippen LogP contribution in [0.3, 0.4) is 0 Å². The Kier molecular flexibility index (Phi) is 3.27. The molecule has 0 fully saturated rings. The minimum absolute atomic E-state index is 0.365. The van der Waals surface area contributed by atoms with Gasteiger partial charge in [-0.15, -0.1) is 0 Å². The highest BCUT2D eigenvalue weighted by Crippen LogP contribution is 2.26. The Morgan fingerprint density at radius 2 is 1.78 bits per heavy atom. The molecule has 0 amide bonds. The van der Waals surface area contributed by atoms with Gasteiger partial charge in [0.2, 0.25) is 7.41 Å². The molecule has 0 N–H and O–H groups in total. The number of rotatable bonds is 3. The Morgan fingerprint density at radius 3 is 1.89 bits per heavy atom. The van der Waals surface area contributed by atoms with Gasteiger partial charge < -0.3 is 4.81 Å². The van der Waals surface area contributed by atoms with E-state index >= 15 is 0 Å². The predicted molar refractivity (Wildman–Crippen MR) is 43.8 cm³/mol. The number of hydrogen-bond acceptors (Lipinski definition) is 1. The van der Waals surface area contributed by atoms with E-state index in [0.717, 1.165) is 0 Å². The van der Waals surface area contributed by atoms with Crippen molar-refractivity contribution in [2.45, 2.75) is 32.5 Å². The van der Waals surface area contributed by atoms with Crippen LogP contribution in [0.4, 0.5) is 0 Å². The molecule has 0 bridgehead atoms. The normalized spacial score (nSPS) is 12.2. The van der Waals surface area contributed by atoms with Crippen LogP contribution >= 0.6 is 0 Å². The van der Waals surface area contributed by atoms with Gasteiger partial charge in [-0.3, -0.25) is 0 Å². The van der Waals surface area contributed by atoms with Gasteiger partial charge in [-0.25, -0.2) is 0 Å². The van der Waals surface area contributed by atoms with Crippen molar-refractivity contribution in [2.24, 2.45) is 0 Å². The van der Waals surface area contributed by atoms with Gasteiger partial charge in [0.05, 0.1) is 0 Å². The number of nitrogens with zero attached hydrogens (tertiary/aromatic N) is 1. The summed E-state index contributed by atoms with van der Waals surface area (Å²) >= 11 is 0. The maximum atomic E-state index is 2.24. The Labute approximate surface area is 59.7 Å². The third kappa shape index (κ3) is 4.52. The standard InChI is InChI=1S/C7H17BN/c1-6-7(2,3)8-9(4)5/h6H2,1-5H3. The molecule has 0 atom stereocenters. The van der Waals surface area contributed by atoms with Crippen molar-refractivity contribution in [3.05, 3.63) is 0 Å². The van der Waals surface area contributed by atoms with Crippen molar-refractivity contribution in [1.82, 2.24) is 4.81 Å². The second-order valence-corrected chi connectivity index (χ2v) is 3.43. The lowest BCUT2D eigenvalue weighted by Crippen LogP contribution is -2.27. The maximum Gasteiger partial charge on any atom is 0.214 e. The summed E-state index contributed by atoms with van der Waals surface area (Å²) < 4.78 is 0. The van der Waals surface area contributed by atoms with E-state index in [1.807, 2.05) is 0 Å². The van der Waals surface area contributed by atoms with Crippen LogP contribution in [0.5, 0.6) is 0 Å².